The van der Waals surface area contributed by atoms with Gasteiger partial charge in [0.1, 0.15) is 12.2 Å². The second kappa shape index (κ2) is 11.6. The number of allylic oxidation sites excluding steroid dienone is 1. The number of amides is 3. The molecule has 47 heavy (non-hydrogen) atoms. The molecule has 0 radical (unpaired) electrons. The lowest BCUT2D eigenvalue weighted by Crippen LogP contribution is -2.45. The first-order valence-electron chi connectivity index (χ1n) is 15.2. The van der Waals surface area contributed by atoms with Gasteiger partial charge in [-0.1, -0.05) is 64.9 Å². The second-order valence-corrected chi connectivity index (χ2v) is 12.2. The van der Waals surface area contributed by atoms with Gasteiger partial charge in [0.2, 0.25) is 0 Å². The van der Waals surface area contributed by atoms with E-state index in [1.54, 1.807) is 0 Å². The van der Waals surface area contributed by atoms with Gasteiger partial charge in [-0.2, -0.15) is 10.2 Å². The molecule has 3 aromatic rings. The molecule has 4 atom stereocenters. The van der Waals surface area contributed by atoms with E-state index in [2.05, 4.69) is 16.4 Å². The Morgan fingerprint density at radius 1 is 0.894 bits per heavy atom. The predicted molar refractivity (Wildman–Crippen MR) is 163 cm³/mol. The molecular formula is C34H28F4N6O3. The van der Waals surface area contributed by atoms with Crippen molar-refractivity contribution in [3.63, 3.8) is 0 Å². The normalized spacial score (nSPS) is 24.3. The van der Waals surface area contributed by atoms with Crippen molar-refractivity contribution in [2.45, 2.75) is 51.2 Å². The van der Waals surface area contributed by atoms with Crippen LogP contribution >= 0.6 is 0 Å². The number of carbonyl (C=O) groups is 3. The molecule has 2 fully saturated rings. The molecule has 9 nitrogen and oxygen atoms in total. The predicted octanol–water partition coefficient (Wildman–Crippen LogP) is 5.98. The van der Waals surface area contributed by atoms with E-state index in [1.807, 2.05) is 62.4 Å². The quantitative estimate of drug-likeness (QED) is 0.194. The summed E-state index contributed by atoms with van der Waals surface area (Å²) in [5.74, 6) is -10.5. The smallest absolute Gasteiger partial charge is 0.264 e. The van der Waals surface area contributed by atoms with Crippen molar-refractivity contribution in [2.75, 3.05) is 11.4 Å². The van der Waals surface area contributed by atoms with Gasteiger partial charge >= 0.3 is 0 Å². The van der Waals surface area contributed by atoms with Gasteiger partial charge < -0.3 is 0 Å². The van der Waals surface area contributed by atoms with E-state index >= 15 is 0 Å². The molecule has 1 saturated heterocycles. The van der Waals surface area contributed by atoms with E-state index < -0.39 is 71.3 Å². The van der Waals surface area contributed by atoms with E-state index in [0.717, 1.165) is 57.8 Å². The van der Waals surface area contributed by atoms with Gasteiger partial charge in [0.05, 0.1) is 11.8 Å². The molecule has 1 saturated carbocycles. The maximum Gasteiger partial charge on any atom is 0.264 e. The second-order valence-electron chi connectivity index (χ2n) is 12.2. The summed E-state index contributed by atoms with van der Waals surface area (Å²) in [6.45, 7) is 3.42. The number of hydrogen-bond acceptors (Lipinski definition) is 7. The lowest BCUT2D eigenvalue weighted by molar-refractivity contribution is -0.136. The molecule has 0 bridgehead atoms. The number of imide groups is 1. The molecular weight excluding hydrogens is 616 g/mol. The Kier molecular flexibility index (Phi) is 7.48. The summed E-state index contributed by atoms with van der Waals surface area (Å²) in [7, 11) is 0. The van der Waals surface area contributed by atoms with Crippen LogP contribution in [-0.4, -0.2) is 52.1 Å². The Labute approximate surface area is 266 Å². The number of carbonyl (C=O) groups excluding carboxylic acids is 3. The minimum atomic E-state index is -1.91. The van der Waals surface area contributed by atoms with Gasteiger partial charge in [0, 0.05) is 12.0 Å². The molecule has 0 N–H and O–H groups in total. The highest BCUT2D eigenvalue weighted by atomic mass is 19.2. The number of nitrogens with zero attached hydrogens (tertiary/aromatic N) is 6. The average molecular weight is 645 g/mol. The number of benzene rings is 3. The number of rotatable bonds is 5. The fourth-order valence-corrected chi connectivity index (χ4v) is 6.71. The van der Waals surface area contributed by atoms with E-state index in [1.165, 1.54) is 5.01 Å². The fraction of sp³-hybridized carbons (Fsp3) is 0.294. The van der Waals surface area contributed by atoms with Crippen molar-refractivity contribution < 1.29 is 31.9 Å². The molecule has 0 unspecified atom stereocenters. The van der Waals surface area contributed by atoms with Crippen LogP contribution in [-0.2, 0) is 14.4 Å². The number of fused-ring (bicyclic) bond motifs is 2. The SMILES string of the molecule is Cc1ccc(/C=C2/CCC[C@@H]3C2=NN(C(=O)CN2N=N[C@@H]4C(=O)N(c5c(F)c(F)cc(F)c5F)C(=O)[C@@H]42)[C@H]3c2ccc(C)cc2)cc1. The average Bonchev–Trinajstić information content (AvgIpc) is 3.72. The van der Waals surface area contributed by atoms with Crippen LogP contribution in [0.15, 0.2) is 75.6 Å². The summed E-state index contributed by atoms with van der Waals surface area (Å²) in [6, 6.07) is 12.3. The van der Waals surface area contributed by atoms with Crippen LogP contribution in [0, 0.1) is 43.0 Å². The number of hydrazone groups is 1. The van der Waals surface area contributed by atoms with Gasteiger partial charge in [-0.3, -0.25) is 19.4 Å². The van der Waals surface area contributed by atoms with Crippen LogP contribution in [0.2, 0.25) is 0 Å². The first-order valence-corrected chi connectivity index (χ1v) is 15.2. The van der Waals surface area contributed by atoms with Crippen LogP contribution in [0.4, 0.5) is 23.2 Å². The zero-order chi connectivity index (χ0) is 33.1. The number of hydrogen-bond donors (Lipinski definition) is 0. The Morgan fingerprint density at radius 3 is 2.19 bits per heavy atom. The topological polar surface area (TPSA) is 98.0 Å². The molecule has 0 spiro atoms. The van der Waals surface area contributed by atoms with Gasteiger partial charge in [0.15, 0.2) is 35.4 Å². The van der Waals surface area contributed by atoms with Gasteiger partial charge in [0.25, 0.3) is 17.7 Å². The van der Waals surface area contributed by atoms with Crippen LogP contribution in [0.3, 0.4) is 0 Å². The third-order valence-corrected chi connectivity index (χ3v) is 9.06. The molecule has 3 amide bonds. The molecule has 4 aliphatic rings. The molecule has 240 valence electrons. The highest BCUT2D eigenvalue weighted by Gasteiger charge is 2.57. The molecule has 3 aliphatic heterocycles. The highest BCUT2D eigenvalue weighted by molar-refractivity contribution is 6.25. The molecule has 7 rings (SSSR count). The summed E-state index contributed by atoms with van der Waals surface area (Å²) in [6.07, 6.45) is 4.52. The Hall–Kier alpha value is -5.20. The number of halogens is 4. The minimum absolute atomic E-state index is 0.0221. The minimum Gasteiger partial charge on any atom is -0.271 e. The van der Waals surface area contributed by atoms with Crippen molar-refractivity contribution in [1.29, 1.82) is 0 Å². The van der Waals surface area contributed by atoms with Crippen LogP contribution in [0.25, 0.3) is 6.08 Å². The van der Waals surface area contributed by atoms with Crippen molar-refractivity contribution in [2.24, 2.45) is 21.4 Å². The van der Waals surface area contributed by atoms with Gasteiger partial charge in [-0.05, 0) is 55.9 Å². The monoisotopic (exact) mass is 644 g/mol. The van der Waals surface area contributed by atoms with Gasteiger partial charge in [-0.15, -0.1) is 0 Å². The van der Waals surface area contributed by atoms with E-state index in [4.69, 9.17) is 5.10 Å². The Balaban J connectivity index is 1.20. The van der Waals surface area contributed by atoms with Crippen molar-refractivity contribution >= 4 is 35.2 Å². The zero-order valence-electron chi connectivity index (χ0n) is 25.3. The van der Waals surface area contributed by atoms with Crippen molar-refractivity contribution in [3.05, 3.63) is 106 Å². The summed E-state index contributed by atoms with van der Waals surface area (Å²) >= 11 is 0. The molecule has 1 aliphatic carbocycles. The summed E-state index contributed by atoms with van der Waals surface area (Å²) in [5, 5.41) is 14.8. The highest BCUT2D eigenvalue weighted by Crippen LogP contribution is 2.45. The third kappa shape index (κ3) is 5.09. The lowest BCUT2D eigenvalue weighted by Gasteiger charge is -2.30. The summed E-state index contributed by atoms with van der Waals surface area (Å²) in [5.41, 5.74) is 4.37. The first kappa shape index (κ1) is 30.5. The van der Waals surface area contributed by atoms with Crippen LogP contribution in [0.1, 0.15) is 47.6 Å². The third-order valence-electron chi connectivity index (χ3n) is 9.06. The van der Waals surface area contributed by atoms with Crippen molar-refractivity contribution in [3.8, 4) is 0 Å². The van der Waals surface area contributed by atoms with E-state index in [-0.39, 0.29) is 16.9 Å². The molecule has 3 aromatic carbocycles. The maximum absolute atomic E-state index is 14.6. The summed E-state index contributed by atoms with van der Waals surface area (Å²) in [4.78, 5) is 40.6. The molecule has 3 heterocycles. The molecule has 13 heteroatoms. The zero-order valence-corrected chi connectivity index (χ0v) is 25.3. The van der Waals surface area contributed by atoms with E-state index in [9.17, 15) is 31.9 Å². The summed E-state index contributed by atoms with van der Waals surface area (Å²) < 4.78 is 57.2. The van der Waals surface area contributed by atoms with Crippen LogP contribution in [0.5, 0.6) is 0 Å². The van der Waals surface area contributed by atoms with E-state index in [0.29, 0.717) is 0 Å². The standard InChI is InChI=1S/C34H28F4N6O3/c1-17-6-10-19(11-7-17)14-21-4-3-5-22-28(21)40-44(30(22)20-12-8-18(2)9-13-20)25(45)16-42-32-29(39-41-42)33(46)43(34(32)47)31-26(37)23(35)15-24(36)27(31)38/h6-15,22,29-30,32H,3-5,16H2,1-2H3/b21-14-/t22-,29+,30+,32-/m1/s1. The van der Waals surface area contributed by atoms with Gasteiger partial charge in [-0.25, -0.2) is 27.5 Å². The maximum atomic E-state index is 14.6. The Bertz CT molecular complexity index is 1880. The van der Waals surface area contributed by atoms with Crippen molar-refractivity contribution in [1.82, 2.24) is 10.0 Å². The molecule has 0 aromatic heterocycles. The Morgan fingerprint density at radius 2 is 1.53 bits per heavy atom. The largest absolute Gasteiger partial charge is 0.271 e. The fourth-order valence-electron chi connectivity index (χ4n) is 6.71. The first-order chi connectivity index (χ1) is 22.5. The van der Waals surface area contributed by atoms with Crippen LogP contribution < -0.4 is 4.90 Å². The number of anilines is 1. The lowest BCUT2D eigenvalue weighted by atomic mass is 9.77. The number of aryl methyl sites for hydroxylation is 2.